The molecule has 0 radical (unpaired) electrons. The second kappa shape index (κ2) is 4.65. The maximum Gasteiger partial charge on any atom is 0.335 e. The van der Waals surface area contributed by atoms with Crippen LogP contribution in [0.5, 0.6) is 0 Å². The molecule has 0 aliphatic carbocycles. The number of carboxylic acids is 1. The van der Waals surface area contributed by atoms with E-state index in [0.717, 1.165) is 14.8 Å². The Labute approximate surface area is 122 Å². The van der Waals surface area contributed by atoms with Crippen LogP contribution in [-0.4, -0.2) is 20.6 Å². The minimum absolute atomic E-state index is 0.250. The highest BCUT2D eigenvalue weighted by atomic mass is 127. The Bertz CT molecular complexity index is 780. The van der Waals surface area contributed by atoms with E-state index in [4.69, 9.17) is 5.11 Å². The van der Waals surface area contributed by atoms with Gasteiger partial charge in [-0.05, 0) is 59.0 Å². The minimum Gasteiger partial charge on any atom is -0.478 e. The fourth-order valence-electron chi connectivity index (χ4n) is 1.98. The van der Waals surface area contributed by atoms with E-state index >= 15 is 0 Å². The third kappa shape index (κ3) is 2.21. The van der Waals surface area contributed by atoms with Gasteiger partial charge >= 0.3 is 5.97 Å². The van der Waals surface area contributed by atoms with E-state index in [2.05, 4.69) is 27.6 Å². The largest absolute Gasteiger partial charge is 0.478 e. The molecule has 0 saturated carbocycles. The summed E-state index contributed by atoms with van der Waals surface area (Å²) in [5.41, 5.74) is 2.84. The second-order valence-corrected chi connectivity index (χ2v) is 5.35. The van der Waals surface area contributed by atoms with Crippen molar-refractivity contribution in [3.63, 3.8) is 0 Å². The van der Waals surface area contributed by atoms with Gasteiger partial charge < -0.3 is 5.11 Å². The number of carboxylic acid groups (broad SMARTS) is 1. The first-order valence-electron chi connectivity index (χ1n) is 5.61. The van der Waals surface area contributed by atoms with Gasteiger partial charge in [-0.1, -0.05) is 6.07 Å². The predicted molar refractivity (Wildman–Crippen MR) is 80.7 cm³/mol. The van der Waals surface area contributed by atoms with Gasteiger partial charge in [-0.15, -0.1) is 0 Å². The summed E-state index contributed by atoms with van der Waals surface area (Å²) in [6, 6.07) is 13.0. The van der Waals surface area contributed by atoms with E-state index in [9.17, 15) is 4.79 Å². The van der Waals surface area contributed by atoms with E-state index in [1.54, 1.807) is 24.5 Å². The van der Waals surface area contributed by atoms with Gasteiger partial charge in [0.2, 0.25) is 0 Å². The number of carbonyl (C=O) groups is 1. The van der Waals surface area contributed by atoms with Crippen LogP contribution in [0.25, 0.3) is 16.7 Å². The SMILES string of the molecule is O=C(O)c1ccc2c(c1)ncn2-c1cccc(I)c1. The standard InChI is InChI=1S/C14H9IN2O2/c15-10-2-1-3-11(7-10)17-8-16-12-6-9(14(18)19)4-5-13(12)17/h1-8H,(H,18,19). The molecule has 0 atom stereocenters. The van der Waals surface area contributed by atoms with Crippen molar-refractivity contribution in [3.8, 4) is 5.69 Å². The van der Waals surface area contributed by atoms with Crippen LogP contribution in [0, 0.1) is 3.57 Å². The number of fused-ring (bicyclic) bond motifs is 1. The van der Waals surface area contributed by atoms with E-state index < -0.39 is 5.97 Å². The van der Waals surface area contributed by atoms with Gasteiger partial charge in [-0.3, -0.25) is 4.57 Å². The van der Waals surface area contributed by atoms with Crippen LogP contribution in [0.1, 0.15) is 10.4 Å². The molecule has 0 spiro atoms. The number of rotatable bonds is 2. The van der Waals surface area contributed by atoms with E-state index in [-0.39, 0.29) is 5.56 Å². The number of aromatic carboxylic acids is 1. The Kier molecular flexibility index (Phi) is 2.98. The summed E-state index contributed by atoms with van der Waals surface area (Å²) in [6.45, 7) is 0. The second-order valence-electron chi connectivity index (χ2n) is 4.10. The third-order valence-electron chi connectivity index (χ3n) is 2.88. The van der Waals surface area contributed by atoms with Crippen LogP contribution < -0.4 is 0 Å². The number of hydrogen-bond donors (Lipinski definition) is 1. The van der Waals surface area contributed by atoms with Crippen molar-refractivity contribution in [2.45, 2.75) is 0 Å². The molecule has 94 valence electrons. The number of hydrogen-bond acceptors (Lipinski definition) is 2. The first-order chi connectivity index (χ1) is 9.15. The lowest BCUT2D eigenvalue weighted by Crippen LogP contribution is -1.96. The highest BCUT2D eigenvalue weighted by Crippen LogP contribution is 2.20. The molecule has 0 unspecified atom stereocenters. The van der Waals surface area contributed by atoms with Crippen molar-refractivity contribution >= 4 is 39.6 Å². The number of imidazole rings is 1. The van der Waals surface area contributed by atoms with Crippen LogP contribution >= 0.6 is 22.6 Å². The molecular formula is C14H9IN2O2. The van der Waals surface area contributed by atoms with Gasteiger partial charge in [-0.25, -0.2) is 9.78 Å². The quantitative estimate of drug-likeness (QED) is 0.710. The zero-order chi connectivity index (χ0) is 13.4. The molecule has 5 heteroatoms. The molecule has 3 rings (SSSR count). The molecular weight excluding hydrogens is 355 g/mol. The van der Waals surface area contributed by atoms with Gasteiger partial charge in [0, 0.05) is 9.26 Å². The monoisotopic (exact) mass is 364 g/mol. The molecule has 0 bridgehead atoms. The molecule has 19 heavy (non-hydrogen) atoms. The normalized spacial score (nSPS) is 10.8. The van der Waals surface area contributed by atoms with Gasteiger partial charge in [-0.2, -0.15) is 0 Å². The Morgan fingerprint density at radius 3 is 2.79 bits per heavy atom. The van der Waals surface area contributed by atoms with Crippen molar-refractivity contribution in [1.29, 1.82) is 0 Å². The number of benzene rings is 2. The molecule has 0 amide bonds. The van der Waals surface area contributed by atoms with Gasteiger partial charge in [0.05, 0.1) is 16.6 Å². The maximum atomic E-state index is 10.9. The minimum atomic E-state index is -0.939. The fourth-order valence-corrected chi connectivity index (χ4v) is 2.50. The van der Waals surface area contributed by atoms with Gasteiger partial charge in [0.1, 0.15) is 6.33 Å². The Morgan fingerprint density at radius 1 is 1.21 bits per heavy atom. The van der Waals surface area contributed by atoms with Crippen molar-refractivity contribution in [1.82, 2.24) is 9.55 Å². The maximum absolute atomic E-state index is 10.9. The number of aromatic nitrogens is 2. The number of halogens is 1. The summed E-state index contributed by atoms with van der Waals surface area (Å²) in [5, 5.41) is 8.97. The van der Waals surface area contributed by atoms with E-state index in [1.165, 1.54) is 0 Å². The highest BCUT2D eigenvalue weighted by Gasteiger charge is 2.08. The van der Waals surface area contributed by atoms with Gasteiger partial charge in [0.25, 0.3) is 0 Å². The van der Waals surface area contributed by atoms with Crippen molar-refractivity contribution in [2.75, 3.05) is 0 Å². The lowest BCUT2D eigenvalue weighted by molar-refractivity contribution is 0.0697. The summed E-state index contributed by atoms with van der Waals surface area (Å²) in [7, 11) is 0. The lowest BCUT2D eigenvalue weighted by Gasteiger charge is -2.04. The zero-order valence-electron chi connectivity index (χ0n) is 9.75. The average molecular weight is 364 g/mol. The molecule has 3 aromatic rings. The topological polar surface area (TPSA) is 55.1 Å². The predicted octanol–water partition coefficient (Wildman–Crippen LogP) is 3.33. The first-order valence-corrected chi connectivity index (χ1v) is 6.69. The van der Waals surface area contributed by atoms with E-state index in [1.807, 2.05) is 28.8 Å². The average Bonchev–Trinajstić information content (AvgIpc) is 2.81. The first kappa shape index (κ1) is 12.2. The van der Waals surface area contributed by atoms with Crippen LogP contribution in [0.2, 0.25) is 0 Å². The Hall–Kier alpha value is -1.89. The van der Waals surface area contributed by atoms with Crippen LogP contribution in [0.15, 0.2) is 48.8 Å². The molecule has 1 heterocycles. The van der Waals surface area contributed by atoms with Crippen LogP contribution in [0.4, 0.5) is 0 Å². The molecule has 1 aromatic heterocycles. The van der Waals surface area contributed by atoms with Crippen molar-refractivity contribution in [3.05, 3.63) is 57.9 Å². The molecule has 0 aliphatic rings. The zero-order valence-corrected chi connectivity index (χ0v) is 11.9. The molecule has 0 saturated heterocycles. The van der Waals surface area contributed by atoms with Gasteiger partial charge in [0.15, 0.2) is 0 Å². The van der Waals surface area contributed by atoms with Crippen molar-refractivity contribution in [2.24, 2.45) is 0 Å². The van der Waals surface area contributed by atoms with Crippen LogP contribution in [0.3, 0.4) is 0 Å². The molecule has 4 nitrogen and oxygen atoms in total. The summed E-state index contributed by atoms with van der Waals surface area (Å²) in [6.07, 6.45) is 1.71. The Balaban J connectivity index is 2.18. The third-order valence-corrected chi connectivity index (χ3v) is 3.55. The molecule has 1 N–H and O–H groups in total. The molecule has 0 fully saturated rings. The fraction of sp³-hybridized carbons (Fsp3) is 0. The van der Waals surface area contributed by atoms with Crippen LogP contribution in [-0.2, 0) is 0 Å². The molecule has 0 aliphatic heterocycles. The smallest absolute Gasteiger partial charge is 0.335 e. The van der Waals surface area contributed by atoms with Crippen molar-refractivity contribution < 1.29 is 9.90 Å². The Morgan fingerprint density at radius 2 is 2.05 bits per heavy atom. The summed E-state index contributed by atoms with van der Waals surface area (Å²) in [5.74, 6) is -0.939. The highest BCUT2D eigenvalue weighted by molar-refractivity contribution is 14.1. The lowest BCUT2D eigenvalue weighted by atomic mass is 10.2. The van der Waals surface area contributed by atoms with E-state index in [0.29, 0.717) is 5.52 Å². The summed E-state index contributed by atoms with van der Waals surface area (Å²) >= 11 is 2.26. The summed E-state index contributed by atoms with van der Waals surface area (Å²) < 4.78 is 3.09. The number of nitrogens with zero attached hydrogens (tertiary/aromatic N) is 2. The summed E-state index contributed by atoms with van der Waals surface area (Å²) in [4.78, 5) is 15.2. The molecule has 2 aromatic carbocycles.